The van der Waals surface area contributed by atoms with Gasteiger partial charge in [0.2, 0.25) is 5.43 Å². The number of carbonyl (C=O) groups excluding carboxylic acids is 1. The van der Waals surface area contributed by atoms with Crippen LogP contribution in [0.2, 0.25) is 0 Å². The molecular weight excluding hydrogens is 342 g/mol. The summed E-state index contributed by atoms with van der Waals surface area (Å²) in [4.78, 5) is 27.2. The first-order valence-corrected chi connectivity index (χ1v) is 9.68. The van der Waals surface area contributed by atoms with Gasteiger partial charge in [0.05, 0.1) is 0 Å². The molecule has 1 fully saturated rings. The van der Waals surface area contributed by atoms with Gasteiger partial charge in [-0.05, 0) is 24.3 Å². The Morgan fingerprint density at radius 2 is 1.93 bits per heavy atom. The number of pyridine rings is 1. The zero-order valence-corrected chi connectivity index (χ0v) is 15.4. The maximum atomic E-state index is 13.0. The van der Waals surface area contributed by atoms with Gasteiger partial charge < -0.3 is 15.1 Å². The van der Waals surface area contributed by atoms with Crippen molar-refractivity contribution in [3.05, 3.63) is 64.1 Å². The second-order valence-electron chi connectivity index (χ2n) is 7.33. The lowest BCUT2D eigenvalue weighted by Crippen LogP contribution is -2.47. The smallest absolute Gasteiger partial charge is 0.277 e. The van der Waals surface area contributed by atoms with E-state index in [0.717, 1.165) is 17.9 Å². The molecule has 1 N–H and O–H groups in total. The van der Waals surface area contributed by atoms with E-state index < -0.39 is 0 Å². The van der Waals surface area contributed by atoms with E-state index >= 15 is 0 Å². The predicted octanol–water partition coefficient (Wildman–Crippen LogP) is 2.96. The fourth-order valence-corrected chi connectivity index (χ4v) is 3.64. The molecule has 2 aromatic rings. The minimum absolute atomic E-state index is 0.113. The van der Waals surface area contributed by atoms with Crippen LogP contribution in [0.1, 0.15) is 48.2 Å². The molecule has 1 saturated carbocycles. The van der Waals surface area contributed by atoms with Crippen LogP contribution >= 0.6 is 0 Å². The van der Waals surface area contributed by atoms with E-state index in [9.17, 15) is 9.59 Å². The number of hydrogen-bond donors (Lipinski definition) is 1. The average Bonchev–Trinajstić information content (AvgIpc) is 2.65. The highest BCUT2D eigenvalue weighted by molar-refractivity contribution is 5.96. The fraction of sp³-hybridized carbons (Fsp3) is 0.429. The summed E-state index contributed by atoms with van der Waals surface area (Å²) in [6, 6.07) is 11.1. The Bertz CT molecular complexity index is 859. The molecule has 6 nitrogen and oxygen atoms in total. The van der Waals surface area contributed by atoms with E-state index in [2.05, 4.69) is 5.43 Å². The van der Waals surface area contributed by atoms with E-state index in [0.29, 0.717) is 13.2 Å². The predicted molar refractivity (Wildman–Crippen MR) is 103 cm³/mol. The Hall–Kier alpha value is -2.76. The Morgan fingerprint density at radius 3 is 2.67 bits per heavy atom. The summed E-state index contributed by atoms with van der Waals surface area (Å²) < 4.78 is 7.39. The number of fused-ring (bicyclic) bond motifs is 1. The molecule has 1 aromatic heterocycles. The largest absolute Gasteiger partial charge is 0.482 e. The molecule has 4 rings (SSSR count). The van der Waals surface area contributed by atoms with Crippen LogP contribution in [0.4, 0.5) is 0 Å². The molecule has 1 aliphatic carbocycles. The first-order valence-electron chi connectivity index (χ1n) is 9.68. The van der Waals surface area contributed by atoms with Crippen molar-refractivity contribution in [3.8, 4) is 5.75 Å². The third-order valence-electron chi connectivity index (χ3n) is 5.47. The number of aromatic nitrogens is 1. The molecule has 2 heterocycles. The van der Waals surface area contributed by atoms with Crippen molar-refractivity contribution in [3.63, 3.8) is 0 Å². The normalized spacial score (nSPS) is 16.4. The van der Waals surface area contributed by atoms with Crippen molar-refractivity contribution in [2.24, 2.45) is 5.92 Å². The molecule has 0 bridgehead atoms. The van der Waals surface area contributed by atoms with Crippen molar-refractivity contribution in [1.82, 2.24) is 9.58 Å². The molecule has 142 valence electrons. The highest BCUT2D eigenvalue weighted by Crippen LogP contribution is 2.30. The Balaban J connectivity index is 1.48. The number of rotatable bonds is 7. The Kier molecular flexibility index (Phi) is 5.14. The van der Waals surface area contributed by atoms with Crippen LogP contribution in [0.25, 0.3) is 0 Å². The van der Waals surface area contributed by atoms with Gasteiger partial charge in [0, 0.05) is 18.8 Å². The first kappa shape index (κ1) is 17.6. The van der Waals surface area contributed by atoms with Gasteiger partial charge in [0.1, 0.15) is 13.3 Å². The summed E-state index contributed by atoms with van der Waals surface area (Å²) in [6.07, 6.45) is 7.74. The van der Waals surface area contributed by atoms with Gasteiger partial charge in [-0.3, -0.25) is 14.3 Å². The van der Waals surface area contributed by atoms with Crippen molar-refractivity contribution in [2.45, 2.75) is 38.7 Å². The van der Waals surface area contributed by atoms with Crippen LogP contribution in [-0.4, -0.2) is 28.7 Å². The average molecular weight is 367 g/mol. The van der Waals surface area contributed by atoms with Gasteiger partial charge in [0.15, 0.2) is 11.4 Å². The lowest BCUT2D eigenvalue weighted by Gasteiger charge is -2.32. The zero-order chi connectivity index (χ0) is 18.6. The van der Waals surface area contributed by atoms with Crippen molar-refractivity contribution < 1.29 is 9.53 Å². The number of amides is 1. The summed E-state index contributed by atoms with van der Waals surface area (Å²) in [5, 5.41) is 0. The van der Waals surface area contributed by atoms with E-state index in [4.69, 9.17) is 4.74 Å². The topological polar surface area (TPSA) is 63.6 Å². The highest BCUT2D eigenvalue weighted by Gasteiger charge is 2.29. The summed E-state index contributed by atoms with van der Waals surface area (Å²) in [7, 11) is 0. The summed E-state index contributed by atoms with van der Waals surface area (Å²) in [5.74, 6) is 0.795. The molecule has 0 radical (unpaired) electrons. The van der Waals surface area contributed by atoms with Gasteiger partial charge in [-0.15, -0.1) is 0 Å². The standard InChI is InChI=1S/C21H25N3O3/c25-18-11-13-24-19(20(18)27-14-17-6-2-1-3-7-17)21(26)23(15-22-24)12-5-10-16-8-4-9-16/h1-3,6-7,11,13,16,22H,4-5,8-10,12,14-15H2. The summed E-state index contributed by atoms with van der Waals surface area (Å²) >= 11 is 0. The number of benzene rings is 1. The molecule has 0 spiro atoms. The number of ether oxygens (including phenoxy) is 1. The second-order valence-corrected chi connectivity index (χ2v) is 7.33. The number of carbonyl (C=O) groups is 1. The third kappa shape index (κ3) is 3.84. The summed E-state index contributed by atoms with van der Waals surface area (Å²) in [6.45, 7) is 1.39. The molecule has 6 heteroatoms. The summed E-state index contributed by atoms with van der Waals surface area (Å²) in [5.41, 5.74) is 4.14. The molecule has 2 aliphatic rings. The monoisotopic (exact) mass is 367 g/mol. The van der Waals surface area contributed by atoms with Crippen molar-refractivity contribution in [1.29, 1.82) is 0 Å². The molecule has 27 heavy (non-hydrogen) atoms. The van der Waals surface area contributed by atoms with E-state index in [1.807, 2.05) is 30.3 Å². The van der Waals surface area contributed by atoms with E-state index in [-0.39, 0.29) is 29.4 Å². The van der Waals surface area contributed by atoms with Crippen molar-refractivity contribution >= 4 is 5.91 Å². The molecule has 0 unspecified atom stereocenters. The van der Waals surface area contributed by atoms with E-state index in [1.165, 1.54) is 31.7 Å². The minimum Gasteiger partial charge on any atom is -0.482 e. The number of hydrogen-bond acceptors (Lipinski definition) is 4. The third-order valence-corrected chi connectivity index (χ3v) is 5.47. The SMILES string of the molecule is O=C1c2c(OCc3ccccc3)c(=O)ccn2NCN1CCCC1CCC1. The van der Waals surface area contributed by atoms with Crippen molar-refractivity contribution in [2.75, 3.05) is 18.6 Å². The van der Waals surface area contributed by atoms with Gasteiger partial charge in [-0.2, -0.15) is 0 Å². The Morgan fingerprint density at radius 1 is 1.11 bits per heavy atom. The molecule has 1 amide bonds. The molecule has 0 saturated heterocycles. The van der Waals surface area contributed by atoms with Crippen LogP contribution in [0.15, 0.2) is 47.4 Å². The maximum Gasteiger partial charge on any atom is 0.277 e. The number of nitrogens with zero attached hydrogens (tertiary/aromatic N) is 2. The fourth-order valence-electron chi connectivity index (χ4n) is 3.64. The van der Waals surface area contributed by atoms with Crippen LogP contribution in [0.3, 0.4) is 0 Å². The van der Waals surface area contributed by atoms with Gasteiger partial charge >= 0.3 is 0 Å². The molecule has 1 aromatic carbocycles. The van der Waals surface area contributed by atoms with Gasteiger partial charge in [-0.1, -0.05) is 49.6 Å². The lowest BCUT2D eigenvalue weighted by atomic mass is 9.82. The van der Waals surface area contributed by atoms with Crippen LogP contribution in [0, 0.1) is 5.92 Å². The van der Waals surface area contributed by atoms with Crippen LogP contribution in [0.5, 0.6) is 5.75 Å². The molecule has 0 atom stereocenters. The number of nitrogens with one attached hydrogen (secondary N) is 1. The Labute approximate surface area is 158 Å². The second kappa shape index (κ2) is 7.86. The van der Waals surface area contributed by atoms with Gasteiger partial charge in [0.25, 0.3) is 5.91 Å². The van der Waals surface area contributed by atoms with Crippen LogP contribution in [-0.2, 0) is 6.61 Å². The lowest BCUT2D eigenvalue weighted by molar-refractivity contribution is 0.0712. The van der Waals surface area contributed by atoms with Gasteiger partial charge in [-0.25, -0.2) is 0 Å². The molecule has 1 aliphatic heterocycles. The van der Waals surface area contributed by atoms with E-state index in [1.54, 1.807) is 15.8 Å². The zero-order valence-electron chi connectivity index (χ0n) is 15.4. The quantitative estimate of drug-likeness (QED) is 0.817. The minimum atomic E-state index is -0.274. The highest BCUT2D eigenvalue weighted by atomic mass is 16.5. The maximum absolute atomic E-state index is 13.0. The van der Waals surface area contributed by atoms with Crippen LogP contribution < -0.4 is 15.6 Å². The molecular formula is C21H25N3O3. The first-order chi connectivity index (χ1) is 13.2.